The molecular weight excluding hydrogens is 466 g/mol. The van der Waals surface area contributed by atoms with Crippen LogP contribution in [0.25, 0.3) is 22.0 Å². The number of halogens is 1. The maximum Gasteiger partial charge on any atom is 0.277 e. The number of rotatable bonds is 6. The standard InChI is InChI=1S/C22H18BrN3O3S/c1-28-17-10-18(29-2)20(22(27)26-25-11-15-4-3-9-30-15)21-19(17)16(12-24-21)13-5-7-14(23)8-6-13/h3-12,24H,1-2H3,(H,26,27)/b25-11+. The summed E-state index contributed by atoms with van der Waals surface area (Å²) in [7, 11) is 3.11. The van der Waals surface area contributed by atoms with Gasteiger partial charge < -0.3 is 14.5 Å². The average Bonchev–Trinajstić information content (AvgIpc) is 3.43. The van der Waals surface area contributed by atoms with Gasteiger partial charge in [0, 0.05) is 27.2 Å². The number of hydrazone groups is 1. The molecule has 0 radical (unpaired) electrons. The number of fused-ring (bicyclic) bond motifs is 1. The molecule has 8 heteroatoms. The molecule has 0 bridgehead atoms. The van der Waals surface area contributed by atoms with Gasteiger partial charge in [0.2, 0.25) is 0 Å². The molecule has 6 nitrogen and oxygen atoms in total. The number of methoxy groups -OCH3 is 2. The summed E-state index contributed by atoms with van der Waals surface area (Å²) in [6, 6.07) is 13.5. The van der Waals surface area contributed by atoms with Crippen LogP contribution < -0.4 is 14.9 Å². The molecule has 2 aromatic carbocycles. The summed E-state index contributed by atoms with van der Waals surface area (Å²) < 4.78 is 12.1. The van der Waals surface area contributed by atoms with E-state index in [1.165, 1.54) is 18.4 Å². The van der Waals surface area contributed by atoms with Crippen molar-refractivity contribution in [1.82, 2.24) is 10.4 Å². The number of ether oxygens (including phenoxy) is 2. The quantitative estimate of drug-likeness (QED) is 0.283. The van der Waals surface area contributed by atoms with E-state index in [1.54, 1.807) is 19.4 Å². The zero-order valence-electron chi connectivity index (χ0n) is 16.2. The fraction of sp³-hybridized carbons (Fsp3) is 0.0909. The molecule has 0 aliphatic carbocycles. The molecule has 152 valence electrons. The molecule has 30 heavy (non-hydrogen) atoms. The lowest BCUT2D eigenvalue weighted by atomic mass is 10.0. The summed E-state index contributed by atoms with van der Waals surface area (Å²) in [6.45, 7) is 0. The largest absolute Gasteiger partial charge is 0.496 e. The highest BCUT2D eigenvalue weighted by molar-refractivity contribution is 9.10. The minimum atomic E-state index is -0.378. The van der Waals surface area contributed by atoms with E-state index in [0.29, 0.717) is 22.6 Å². The van der Waals surface area contributed by atoms with Crippen molar-refractivity contribution in [3.8, 4) is 22.6 Å². The third-order valence-electron chi connectivity index (χ3n) is 4.61. The minimum absolute atomic E-state index is 0.361. The first kappa shape index (κ1) is 20.2. The summed E-state index contributed by atoms with van der Waals surface area (Å²) >= 11 is 5.00. The fourth-order valence-corrected chi connectivity index (χ4v) is 4.09. The Kier molecular flexibility index (Phi) is 5.87. The molecule has 0 saturated carbocycles. The first-order valence-electron chi connectivity index (χ1n) is 9.01. The van der Waals surface area contributed by atoms with Gasteiger partial charge in [-0.15, -0.1) is 11.3 Å². The van der Waals surface area contributed by atoms with Gasteiger partial charge in [0.1, 0.15) is 17.1 Å². The first-order chi connectivity index (χ1) is 14.6. The Hall–Kier alpha value is -3.10. The third kappa shape index (κ3) is 3.83. The van der Waals surface area contributed by atoms with Gasteiger partial charge in [-0.2, -0.15) is 5.10 Å². The van der Waals surface area contributed by atoms with Gasteiger partial charge in [-0.3, -0.25) is 4.79 Å². The Bertz CT molecular complexity index is 1210. The molecule has 0 saturated heterocycles. The highest BCUT2D eigenvalue weighted by atomic mass is 79.9. The molecule has 1 amide bonds. The molecule has 2 aromatic heterocycles. The van der Waals surface area contributed by atoms with Gasteiger partial charge in [0.05, 0.1) is 31.3 Å². The molecule has 4 rings (SSSR count). The van der Waals surface area contributed by atoms with E-state index in [2.05, 4.69) is 31.4 Å². The number of thiophene rings is 1. The number of benzene rings is 2. The Balaban J connectivity index is 1.80. The monoisotopic (exact) mass is 483 g/mol. The van der Waals surface area contributed by atoms with E-state index in [-0.39, 0.29) is 5.91 Å². The van der Waals surface area contributed by atoms with Crippen LogP contribution in [0.4, 0.5) is 0 Å². The summed E-state index contributed by atoms with van der Waals surface area (Å²) in [5.41, 5.74) is 5.49. The second-order valence-corrected chi connectivity index (χ2v) is 8.22. The lowest BCUT2D eigenvalue weighted by Crippen LogP contribution is -2.19. The predicted octanol–water partition coefficient (Wildman–Crippen LogP) is 5.44. The number of nitrogens with zero attached hydrogens (tertiary/aromatic N) is 1. The number of aromatic amines is 1. The van der Waals surface area contributed by atoms with Crippen molar-refractivity contribution in [3.63, 3.8) is 0 Å². The van der Waals surface area contributed by atoms with Crippen molar-refractivity contribution >= 4 is 50.3 Å². The van der Waals surface area contributed by atoms with E-state index >= 15 is 0 Å². The smallest absolute Gasteiger partial charge is 0.277 e. The second-order valence-electron chi connectivity index (χ2n) is 6.33. The molecule has 4 aromatic rings. The van der Waals surface area contributed by atoms with Crippen LogP contribution in [0.1, 0.15) is 15.2 Å². The van der Waals surface area contributed by atoms with E-state index < -0.39 is 0 Å². The molecule has 0 atom stereocenters. The summed E-state index contributed by atoms with van der Waals surface area (Å²) in [5.74, 6) is 0.628. The topological polar surface area (TPSA) is 75.7 Å². The summed E-state index contributed by atoms with van der Waals surface area (Å²) in [4.78, 5) is 17.2. The van der Waals surface area contributed by atoms with Gasteiger partial charge in [-0.05, 0) is 29.1 Å². The van der Waals surface area contributed by atoms with Gasteiger partial charge in [-0.25, -0.2) is 5.43 Å². The number of aromatic nitrogens is 1. The van der Waals surface area contributed by atoms with Crippen molar-refractivity contribution in [1.29, 1.82) is 0 Å². The molecule has 0 spiro atoms. The number of hydrogen-bond acceptors (Lipinski definition) is 5. The van der Waals surface area contributed by atoms with Gasteiger partial charge in [0.15, 0.2) is 0 Å². The molecule has 0 unspecified atom stereocenters. The highest BCUT2D eigenvalue weighted by Crippen LogP contribution is 2.41. The average molecular weight is 484 g/mol. The van der Waals surface area contributed by atoms with Crippen molar-refractivity contribution < 1.29 is 14.3 Å². The highest BCUT2D eigenvalue weighted by Gasteiger charge is 2.23. The Morgan fingerprint density at radius 3 is 2.60 bits per heavy atom. The first-order valence-corrected chi connectivity index (χ1v) is 10.7. The van der Waals surface area contributed by atoms with Crippen molar-refractivity contribution in [2.24, 2.45) is 5.10 Å². The van der Waals surface area contributed by atoms with Crippen LogP contribution in [0.15, 0.2) is 63.6 Å². The minimum Gasteiger partial charge on any atom is -0.496 e. The zero-order valence-corrected chi connectivity index (χ0v) is 18.6. The van der Waals surface area contributed by atoms with E-state index in [4.69, 9.17) is 9.47 Å². The lowest BCUT2D eigenvalue weighted by Gasteiger charge is -2.13. The van der Waals surface area contributed by atoms with Gasteiger partial charge in [-0.1, -0.05) is 34.1 Å². The zero-order chi connectivity index (χ0) is 21.1. The fourth-order valence-electron chi connectivity index (χ4n) is 3.24. The Labute approximate surface area is 185 Å². The summed E-state index contributed by atoms with van der Waals surface area (Å²) in [5, 5.41) is 6.81. The van der Waals surface area contributed by atoms with E-state index in [9.17, 15) is 4.79 Å². The van der Waals surface area contributed by atoms with Crippen LogP contribution >= 0.6 is 27.3 Å². The number of amides is 1. The van der Waals surface area contributed by atoms with Crippen molar-refractivity contribution in [2.45, 2.75) is 0 Å². The normalized spacial score (nSPS) is 11.2. The number of carbonyl (C=O) groups excluding carboxylic acids is 1. The Morgan fingerprint density at radius 1 is 1.17 bits per heavy atom. The number of H-pyrrole nitrogens is 1. The van der Waals surface area contributed by atoms with E-state index in [1.807, 2.05) is 48.0 Å². The molecule has 0 aliphatic rings. The van der Waals surface area contributed by atoms with Crippen LogP contribution in [0.3, 0.4) is 0 Å². The molecule has 0 aliphatic heterocycles. The molecule has 2 N–H and O–H groups in total. The van der Waals surface area contributed by atoms with Gasteiger partial charge >= 0.3 is 0 Å². The van der Waals surface area contributed by atoms with Crippen LogP contribution in [-0.2, 0) is 0 Å². The maximum absolute atomic E-state index is 13.0. The lowest BCUT2D eigenvalue weighted by molar-refractivity contribution is 0.0953. The van der Waals surface area contributed by atoms with Crippen LogP contribution in [-0.4, -0.2) is 31.3 Å². The van der Waals surface area contributed by atoms with Gasteiger partial charge in [0.25, 0.3) is 5.91 Å². The SMILES string of the molecule is COc1cc(OC)c2c(-c3ccc(Br)cc3)c[nH]c2c1C(=O)N/N=C/c1cccs1. The van der Waals surface area contributed by atoms with Crippen LogP contribution in [0.5, 0.6) is 11.5 Å². The Morgan fingerprint density at radius 2 is 1.93 bits per heavy atom. The number of nitrogens with one attached hydrogen (secondary N) is 2. The molecule has 0 fully saturated rings. The molecule has 2 heterocycles. The molecular formula is C22H18BrN3O3S. The number of carbonyl (C=O) groups is 1. The van der Waals surface area contributed by atoms with Crippen molar-refractivity contribution in [3.05, 3.63) is 69.0 Å². The van der Waals surface area contributed by atoms with Crippen LogP contribution in [0.2, 0.25) is 0 Å². The maximum atomic E-state index is 13.0. The predicted molar refractivity (Wildman–Crippen MR) is 124 cm³/mol. The second kappa shape index (κ2) is 8.73. The summed E-state index contributed by atoms with van der Waals surface area (Å²) in [6.07, 6.45) is 3.47. The number of hydrogen-bond donors (Lipinski definition) is 2. The van der Waals surface area contributed by atoms with Crippen LogP contribution in [0, 0.1) is 0 Å². The third-order valence-corrected chi connectivity index (χ3v) is 5.94. The van der Waals surface area contributed by atoms with E-state index in [0.717, 1.165) is 25.9 Å². The van der Waals surface area contributed by atoms with Crippen molar-refractivity contribution in [2.75, 3.05) is 14.2 Å².